The molecule has 9 nitrogen and oxygen atoms in total. The maximum absolute atomic E-state index is 13.2. The fraction of sp³-hybridized carbons (Fsp3) is 0.333. The Kier molecular flexibility index (Phi) is 9.98. The SMILES string of the molecule is O=C(NC(c1ccccc1)c1cccc(OCc2ccc(C(=O)OCc3cccc(C4OCCO4)c3)cc2)c1)O[C@H]1CN2CCC1CC2. The highest BCUT2D eigenvalue weighted by Gasteiger charge is 2.37. The topological polar surface area (TPSA) is 95.6 Å². The van der Waals surface area contributed by atoms with E-state index in [2.05, 4.69) is 10.2 Å². The molecule has 248 valence electrons. The molecule has 48 heavy (non-hydrogen) atoms. The van der Waals surface area contributed by atoms with Crippen LogP contribution < -0.4 is 10.1 Å². The van der Waals surface area contributed by atoms with E-state index in [0.29, 0.717) is 37.1 Å². The van der Waals surface area contributed by atoms with Gasteiger partial charge in [-0.15, -0.1) is 0 Å². The number of carbonyl (C=O) groups is 2. The second-order valence-corrected chi connectivity index (χ2v) is 12.5. The number of benzene rings is 4. The Labute approximate surface area is 280 Å². The molecule has 4 aliphatic heterocycles. The van der Waals surface area contributed by atoms with Gasteiger partial charge in [0.15, 0.2) is 6.29 Å². The Morgan fingerprint density at radius 2 is 1.54 bits per heavy atom. The number of alkyl carbamates (subject to hydrolysis) is 1. The summed E-state index contributed by atoms with van der Waals surface area (Å²) in [5, 5.41) is 3.12. The quantitative estimate of drug-likeness (QED) is 0.182. The lowest BCUT2D eigenvalue weighted by molar-refractivity contribution is -0.0442. The van der Waals surface area contributed by atoms with Crippen LogP contribution in [0.3, 0.4) is 0 Å². The predicted octanol–water partition coefficient (Wildman–Crippen LogP) is 6.58. The van der Waals surface area contributed by atoms with Crippen LogP contribution in [-0.2, 0) is 32.2 Å². The number of hydrogen-bond donors (Lipinski definition) is 1. The minimum Gasteiger partial charge on any atom is -0.489 e. The van der Waals surface area contributed by atoms with Crippen molar-refractivity contribution in [1.29, 1.82) is 0 Å². The molecule has 9 heteroatoms. The van der Waals surface area contributed by atoms with E-state index >= 15 is 0 Å². The Morgan fingerprint density at radius 1 is 0.792 bits per heavy atom. The van der Waals surface area contributed by atoms with E-state index in [0.717, 1.165) is 60.3 Å². The zero-order valence-electron chi connectivity index (χ0n) is 26.8. The number of fused-ring (bicyclic) bond motifs is 3. The van der Waals surface area contributed by atoms with Gasteiger partial charge >= 0.3 is 12.1 Å². The van der Waals surface area contributed by atoms with Gasteiger partial charge in [-0.2, -0.15) is 0 Å². The van der Waals surface area contributed by atoms with Crippen molar-refractivity contribution < 1.29 is 33.3 Å². The van der Waals surface area contributed by atoms with E-state index in [1.165, 1.54) is 0 Å². The average molecular weight is 649 g/mol. The van der Waals surface area contributed by atoms with E-state index in [-0.39, 0.29) is 19.0 Å². The maximum Gasteiger partial charge on any atom is 0.408 e. The lowest BCUT2D eigenvalue weighted by Crippen LogP contribution is -2.52. The van der Waals surface area contributed by atoms with E-state index in [4.69, 9.17) is 23.7 Å². The minimum atomic E-state index is -0.408. The summed E-state index contributed by atoms with van der Waals surface area (Å²) in [6, 6.07) is 32.1. The fourth-order valence-electron chi connectivity index (χ4n) is 6.64. The van der Waals surface area contributed by atoms with Gasteiger partial charge in [0.2, 0.25) is 0 Å². The number of nitrogens with zero attached hydrogens (tertiary/aromatic N) is 1. The molecule has 4 aromatic carbocycles. The van der Waals surface area contributed by atoms with Crippen LogP contribution >= 0.6 is 0 Å². The van der Waals surface area contributed by atoms with E-state index in [1.54, 1.807) is 12.1 Å². The second-order valence-electron chi connectivity index (χ2n) is 12.5. The van der Waals surface area contributed by atoms with Gasteiger partial charge in [-0.1, -0.05) is 72.8 Å². The van der Waals surface area contributed by atoms with Crippen LogP contribution in [-0.4, -0.2) is 55.9 Å². The zero-order valence-corrected chi connectivity index (χ0v) is 26.8. The zero-order chi connectivity index (χ0) is 32.7. The molecule has 1 N–H and O–H groups in total. The van der Waals surface area contributed by atoms with Gasteiger partial charge in [-0.3, -0.25) is 4.90 Å². The molecule has 1 amide bonds. The number of piperidine rings is 3. The molecule has 0 radical (unpaired) electrons. The van der Waals surface area contributed by atoms with Gasteiger partial charge in [-0.05, 0) is 84.4 Å². The molecule has 2 bridgehead atoms. The van der Waals surface area contributed by atoms with Crippen LogP contribution in [0.1, 0.15) is 63.3 Å². The van der Waals surface area contributed by atoms with Gasteiger partial charge in [0, 0.05) is 12.1 Å². The Balaban J connectivity index is 0.948. The third-order valence-corrected chi connectivity index (χ3v) is 9.25. The molecular weight excluding hydrogens is 608 g/mol. The number of hydrogen-bond acceptors (Lipinski definition) is 8. The molecule has 0 spiro atoms. The van der Waals surface area contributed by atoms with Crippen molar-refractivity contribution in [3.05, 3.63) is 137 Å². The molecule has 4 aliphatic rings. The lowest BCUT2D eigenvalue weighted by Gasteiger charge is -2.43. The van der Waals surface area contributed by atoms with Gasteiger partial charge in [0.25, 0.3) is 0 Å². The number of nitrogens with one attached hydrogen (secondary N) is 1. The molecule has 0 saturated carbocycles. The van der Waals surface area contributed by atoms with Crippen molar-refractivity contribution in [2.45, 2.75) is 44.5 Å². The molecule has 4 saturated heterocycles. The molecule has 1 unspecified atom stereocenters. The van der Waals surface area contributed by atoms with Crippen molar-refractivity contribution >= 4 is 12.1 Å². The smallest absolute Gasteiger partial charge is 0.408 e. The molecule has 4 aromatic rings. The summed E-state index contributed by atoms with van der Waals surface area (Å²) in [5.41, 5.74) is 4.97. The Hall–Kier alpha value is -4.70. The fourth-order valence-corrected chi connectivity index (χ4v) is 6.64. The van der Waals surface area contributed by atoms with Gasteiger partial charge in [0.1, 0.15) is 25.1 Å². The van der Waals surface area contributed by atoms with Crippen molar-refractivity contribution in [2.75, 3.05) is 32.8 Å². The third-order valence-electron chi connectivity index (χ3n) is 9.25. The first-order valence-electron chi connectivity index (χ1n) is 16.6. The highest BCUT2D eigenvalue weighted by atomic mass is 16.7. The van der Waals surface area contributed by atoms with Crippen molar-refractivity contribution in [1.82, 2.24) is 10.2 Å². The van der Waals surface area contributed by atoms with Crippen LogP contribution in [0.15, 0.2) is 103 Å². The molecule has 4 heterocycles. The predicted molar refractivity (Wildman–Crippen MR) is 178 cm³/mol. The first kappa shape index (κ1) is 31.9. The number of amides is 1. The standard InChI is InChI=1S/C39H40N2O7/c42-37(47-26-28-6-4-10-33(22-28)38-44-20-21-45-38)31-14-12-27(13-15-31)25-46-34-11-5-9-32(23-34)36(30-7-2-1-3-8-30)40-39(43)48-35-24-41-18-16-29(35)17-19-41/h1-15,22-23,29,35-36,38H,16-21,24-26H2,(H,40,43)/t35-,36?/m0/s1. The van der Waals surface area contributed by atoms with Crippen LogP contribution in [0.4, 0.5) is 4.79 Å². The molecular formula is C39H40N2O7. The normalized spacial score (nSPS) is 21.0. The highest BCUT2D eigenvalue weighted by Crippen LogP contribution is 2.31. The monoisotopic (exact) mass is 648 g/mol. The summed E-state index contributed by atoms with van der Waals surface area (Å²) in [7, 11) is 0. The van der Waals surface area contributed by atoms with Gasteiger partial charge < -0.3 is 29.0 Å². The second kappa shape index (κ2) is 15.0. The summed E-state index contributed by atoms with van der Waals surface area (Å²) >= 11 is 0. The Morgan fingerprint density at radius 3 is 2.29 bits per heavy atom. The van der Waals surface area contributed by atoms with Crippen LogP contribution in [0.2, 0.25) is 0 Å². The number of ether oxygens (including phenoxy) is 5. The summed E-state index contributed by atoms with van der Waals surface area (Å²) in [4.78, 5) is 28.3. The highest BCUT2D eigenvalue weighted by molar-refractivity contribution is 5.89. The van der Waals surface area contributed by atoms with Crippen molar-refractivity contribution in [2.24, 2.45) is 5.92 Å². The summed E-state index contributed by atoms with van der Waals surface area (Å²) in [6.45, 7) is 4.58. The first-order chi connectivity index (χ1) is 23.6. The van der Waals surface area contributed by atoms with Gasteiger partial charge in [-0.25, -0.2) is 9.59 Å². The number of rotatable bonds is 11. The molecule has 4 fully saturated rings. The first-order valence-corrected chi connectivity index (χ1v) is 16.6. The van der Waals surface area contributed by atoms with Crippen LogP contribution in [0, 0.1) is 5.92 Å². The lowest BCUT2D eigenvalue weighted by atomic mass is 9.86. The molecule has 2 atom stereocenters. The van der Waals surface area contributed by atoms with Crippen LogP contribution in [0.25, 0.3) is 0 Å². The van der Waals surface area contributed by atoms with Crippen LogP contribution in [0.5, 0.6) is 5.75 Å². The average Bonchev–Trinajstić information content (AvgIpc) is 3.69. The van der Waals surface area contributed by atoms with Crippen molar-refractivity contribution in [3.63, 3.8) is 0 Å². The van der Waals surface area contributed by atoms with Gasteiger partial charge in [0.05, 0.1) is 24.8 Å². The third kappa shape index (κ3) is 7.87. The summed E-state index contributed by atoms with van der Waals surface area (Å²) in [5.74, 6) is 0.698. The molecule has 0 aliphatic carbocycles. The van der Waals surface area contributed by atoms with E-state index in [9.17, 15) is 9.59 Å². The summed E-state index contributed by atoms with van der Waals surface area (Å²) in [6.07, 6.45) is 1.30. The number of carbonyl (C=O) groups excluding carboxylic acids is 2. The minimum absolute atomic E-state index is 0.0729. The maximum atomic E-state index is 13.2. The Bertz CT molecular complexity index is 1680. The van der Waals surface area contributed by atoms with E-state index < -0.39 is 18.1 Å². The summed E-state index contributed by atoms with van der Waals surface area (Å²) < 4.78 is 28.8. The molecule has 0 aromatic heterocycles. The van der Waals surface area contributed by atoms with E-state index in [1.807, 2.05) is 91.0 Å². The number of esters is 1. The van der Waals surface area contributed by atoms with Crippen molar-refractivity contribution in [3.8, 4) is 5.75 Å². The molecule has 8 rings (SSSR count). The largest absolute Gasteiger partial charge is 0.489 e.